The smallest absolute Gasteiger partial charge is 0.245 e. The Bertz CT molecular complexity index is 1510. The number of carbonyl (C=O) groups excluding carboxylic acids is 3. The van der Waals surface area contributed by atoms with E-state index >= 15 is 0 Å². The molecule has 2 aromatic carbocycles. The van der Waals surface area contributed by atoms with Gasteiger partial charge < -0.3 is 25.4 Å². The van der Waals surface area contributed by atoms with Crippen LogP contribution in [0, 0.1) is 11.8 Å². The standard InChI is InChI=1S/C31H38N6O5S/c1-3-42-21-13-11-20(12-14-21)33-27(39)24-25-29(41)36(17-7-4-8-18-38)26(31(25)16-15-30(24,2)43-31)28(40)32-19-37-23-10-6-5-9-22(23)34-35-37/h5-6,9-14,24-26,38H,3-4,7-8,15-19H2,1-2H3,(H,32,40)(H,33,39)/t24-,25-,26?,30+,31?/m0/s1. The normalized spacial score (nSPS) is 27.5. The van der Waals surface area contributed by atoms with E-state index in [9.17, 15) is 19.5 Å². The molecule has 3 aromatic rings. The van der Waals surface area contributed by atoms with Gasteiger partial charge in [-0.2, -0.15) is 0 Å². The van der Waals surface area contributed by atoms with Crippen LogP contribution in [0.3, 0.4) is 0 Å². The number of benzene rings is 2. The van der Waals surface area contributed by atoms with Gasteiger partial charge in [0.15, 0.2) is 0 Å². The number of unbranched alkanes of at least 4 members (excludes halogenated alkanes) is 2. The second-order valence-corrected chi connectivity index (χ2v) is 13.7. The van der Waals surface area contributed by atoms with Crippen molar-refractivity contribution >= 4 is 46.2 Å². The van der Waals surface area contributed by atoms with Crippen molar-refractivity contribution < 1.29 is 24.2 Å². The van der Waals surface area contributed by atoms with Gasteiger partial charge in [-0.05, 0) is 82.3 Å². The van der Waals surface area contributed by atoms with Gasteiger partial charge in [0, 0.05) is 23.6 Å². The van der Waals surface area contributed by atoms with Crippen LogP contribution in [-0.2, 0) is 21.1 Å². The average Bonchev–Trinajstić information content (AvgIpc) is 3.71. The monoisotopic (exact) mass is 606 g/mol. The third-order valence-corrected chi connectivity index (χ3v) is 11.1. The summed E-state index contributed by atoms with van der Waals surface area (Å²) >= 11 is 1.64. The zero-order valence-electron chi connectivity index (χ0n) is 24.5. The first-order chi connectivity index (χ1) is 20.8. The fraction of sp³-hybridized carbons (Fsp3) is 0.516. The highest BCUT2D eigenvalue weighted by Crippen LogP contribution is 2.71. The molecule has 3 aliphatic heterocycles. The van der Waals surface area contributed by atoms with Crippen molar-refractivity contribution in [3.05, 3.63) is 48.5 Å². The maximum absolute atomic E-state index is 14.2. The number of rotatable bonds is 12. The predicted octanol–water partition coefficient (Wildman–Crippen LogP) is 3.19. The number of nitrogens with zero attached hydrogens (tertiary/aromatic N) is 4. The zero-order valence-corrected chi connectivity index (χ0v) is 25.3. The SMILES string of the molecule is CCOc1ccc(NC(=O)[C@@H]2[C@H]3C(=O)N(CCCCCO)C(C(=O)NCn4nnc5ccccc54)C34CC[C@@]2(C)S4)cc1. The van der Waals surface area contributed by atoms with Gasteiger partial charge >= 0.3 is 0 Å². The predicted molar refractivity (Wildman–Crippen MR) is 163 cm³/mol. The lowest BCUT2D eigenvalue weighted by molar-refractivity contribution is -0.139. The van der Waals surface area contributed by atoms with Gasteiger partial charge in [-0.3, -0.25) is 14.4 Å². The van der Waals surface area contributed by atoms with Crippen LogP contribution in [0.2, 0.25) is 0 Å². The van der Waals surface area contributed by atoms with Crippen LogP contribution in [0.25, 0.3) is 11.0 Å². The van der Waals surface area contributed by atoms with Gasteiger partial charge in [0.05, 0.1) is 28.7 Å². The zero-order chi connectivity index (χ0) is 30.2. The second-order valence-electron chi connectivity index (χ2n) is 11.8. The van der Waals surface area contributed by atoms with E-state index < -0.39 is 27.4 Å². The Labute approximate surface area is 254 Å². The molecule has 3 amide bonds. The fourth-order valence-corrected chi connectivity index (χ4v) is 9.60. The molecule has 0 aliphatic carbocycles. The van der Waals surface area contributed by atoms with Crippen LogP contribution in [-0.4, -0.2) is 78.0 Å². The number of anilines is 1. The van der Waals surface area contributed by atoms with Gasteiger partial charge in [0.25, 0.3) is 0 Å². The first-order valence-electron chi connectivity index (χ1n) is 15.0. The molecule has 3 saturated heterocycles. The topological polar surface area (TPSA) is 139 Å². The number of carbonyl (C=O) groups is 3. The van der Waals surface area contributed by atoms with Gasteiger partial charge in [-0.15, -0.1) is 16.9 Å². The number of nitrogens with one attached hydrogen (secondary N) is 2. The molecule has 11 nitrogen and oxygen atoms in total. The molecule has 0 radical (unpaired) electrons. The summed E-state index contributed by atoms with van der Waals surface area (Å²) in [4.78, 5) is 43.9. The summed E-state index contributed by atoms with van der Waals surface area (Å²) in [5, 5.41) is 23.7. The van der Waals surface area contributed by atoms with Crippen molar-refractivity contribution in [1.82, 2.24) is 25.2 Å². The first kappa shape index (κ1) is 29.4. The minimum absolute atomic E-state index is 0.0816. The highest BCUT2D eigenvalue weighted by Gasteiger charge is 2.77. The summed E-state index contributed by atoms with van der Waals surface area (Å²) in [5.74, 6) is -1.06. The molecule has 228 valence electrons. The lowest BCUT2D eigenvalue weighted by Gasteiger charge is -2.34. The summed E-state index contributed by atoms with van der Waals surface area (Å²) in [5.41, 5.74) is 2.17. The number of ether oxygens (including phenoxy) is 1. The average molecular weight is 607 g/mol. The minimum atomic E-state index is -0.719. The van der Waals surface area contributed by atoms with Crippen LogP contribution in [0.15, 0.2) is 48.5 Å². The van der Waals surface area contributed by atoms with Crippen LogP contribution >= 0.6 is 11.8 Å². The molecule has 0 saturated carbocycles. The summed E-state index contributed by atoms with van der Waals surface area (Å²) in [6, 6.07) is 14.0. The molecule has 5 atom stereocenters. The quantitative estimate of drug-likeness (QED) is 0.267. The molecule has 1 spiro atoms. The van der Waals surface area contributed by atoms with E-state index in [1.54, 1.807) is 33.5 Å². The molecule has 12 heteroatoms. The Morgan fingerprint density at radius 2 is 1.88 bits per heavy atom. The van der Waals surface area contributed by atoms with E-state index in [0.29, 0.717) is 38.1 Å². The van der Waals surface area contributed by atoms with E-state index in [-0.39, 0.29) is 31.0 Å². The first-order valence-corrected chi connectivity index (χ1v) is 15.8. The Morgan fingerprint density at radius 1 is 1.09 bits per heavy atom. The number of amides is 3. The number of thioether (sulfide) groups is 1. The van der Waals surface area contributed by atoms with Gasteiger partial charge in [0.2, 0.25) is 17.7 Å². The Kier molecular flexibility index (Phi) is 8.08. The van der Waals surface area contributed by atoms with E-state index in [1.807, 2.05) is 43.3 Å². The number of aromatic nitrogens is 3. The van der Waals surface area contributed by atoms with E-state index in [4.69, 9.17) is 4.74 Å². The van der Waals surface area contributed by atoms with Gasteiger partial charge in [-0.1, -0.05) is 17.3 Å². The van der Waals surface area contributed by atoms with Crippen molar-refractivity contribution in [3.63, 3.8) is 0 Å². The van der Waals surface area contributed by atoms with Crippen LogP contribution in [0.4, 0.5) is 5.69 Å². The molecule has 4 heterocycles. The molecule has 3 N–H and O–H groups in total. The Morgan fingerprint density at radius 3 is 2.65 bits per heavy atom. The van der Waals surface area contributed by atoms with Crippen LogP contribution in [0.1, 0.15) is 46.0 Å². The maximum Gasteiger partial charge on any atom is 0.245 e. The number of aliphatic hydroxyl groups is 1. The second kappa shape index (κ2) is 11.8. The van der Waals surface area contributed by atoms with Crippen molar-refractivity contribution in [3.8, 4) is 5.75 Å². The molecule has 43 heavy (non-hydrogen) atoms. The fourth-order valence-electron chi connectivity index (χ4n) is 7.24. The number of hydrogen-bond donors (Lipinski definition) is 3. The van der Waals surface area contributed by atoms with Gasteiger partial charge in [-0.25, -0.2) is 4.68 Å². The minimum Gasteiger partial charge on any atom is -0.494 e. The van der Waals surface area contributed by atoms with Crippen molar-refractivity contribution in [2.24, 2.45) is 11.8 Å². The van der Waals surface area contributed by atoms with Crippen molar-refractivity contribution in [1.29, 1.82) is 0 Å². The third kappa shape index (κ3) is 5.14. The summed E-state index contributed by atoms with van der Waals surface area (Å²) in [6.07, 6.45) is 3.45. The molecule has 6 rings (SSSR count). The third-order valence-electron chi connectivity index (χ3n) is 9.12. The van der Waals surface area contributed by atoms with Crippen molar-refractivity contribution in [2.45, 2.75) is 68.2 Å². The van der Waals surface area contributed by atoms with Crippen LogP contribution < -0.4 is 15.4 Å². The molecular weight excluding hydrogens is 568 g/mol. The molecular formula is C31H38N6O5S. The van der Waals surface area contributed by atoms with Crippen LogP contribution in [0.5, 0.6) is 5.75 Å². The Balaban J connectivity index is 1.26. The highest BCUT2D eigenvalue weighted by atomic mass is 32.2. The maximum atomic E-state index is 14.2. The largest absolute Gasteiger partial charge is 0.494 e. The molecule has 2 bridgehead atoms. The number of likely N-dealkylation sites (tertiary alicyclic amines) is 1. The van der Waals surface area contributed by atoms with E-state index in [0.717, 1.165) is 29.6 Å². The van der Waals surface area contributed by atoms with E-state index in [2.05, 4.69) is 27.9 Å². The Hall–Kier alpha value is -3.64. The molecule has 1 aromatic heterocycles. The molecule has 3 aliphatic rings. The summed E-state index contributed by atoms with van der Waals surface area (Å²) in [6.45, 7) is 5.12. The summed E-state index contributed by atoms with van der Waals surface area (Å²) in [7, 11) is 0. The lowest BCUT2D eigenvalue weighted by atomic mass is 9.66. The number of aliphatic hydroxyl groups excluding tert-OH is 1. The highest BCUT2D eigenvalue weighted by molar-refractivity contribution is 8.02. The van der Waals surface area contributed by atoms with Gasteiger partial charge in [0.1, 0.15) is 24.0 Å². The molecule has 3 fully saturated rings. The lowest BCUT2D eigenvalue weighted by Crippen LogP contribution is -2.54. The number of hydrogen-bond acceptors (Lipinski definition) is 8. The summed E-state index contributed by atoms with van der Waals surface area (Å²) < 4.78 is 5.98. The number of para-hydroxylation sites is 1. The van der Waals surface area contributed by atoms with E-state index in [1.165, 1.54) is 0 Å². The van der Waals surface area contributed by atoms with Crippen molar-refractivity contribution in [2.75, 3.05) is 25.1 Å². The number of fused-ring (bicyclic) bond motifs is 2. The molecule has 2 unspecified atom stereocenters.